The van der Waals surface area contributed by atoms with E-state index in [1.54, 1.807) is 17.4 Å². The molecule has 1 nitrogen and oxygen atoms in total. The molecule has 0 saturated heterocycles. The van der Waals surface area contributed by atoms with Crippen molar-refractivity contribution in [1.29, 1.82) is 0 Å². The Morgan fingerprint density at radius 1 is 0.642 bits per heavy atom. The van der Waals surface area contributed by atoms with Gasteiger partial charge in [0.2, 0.25) is 0 Å². The number of allylic oxidation sites excluding steroid dienone is 8. The average molecular weight is 712 g/mol. The van der Waals surface area contributed by atoms with Crippen molar-refractivity contribution in [2.24, 2.45) is 0 Å². The fourth-order valence-electron chi connectivity index (χ4n) is 6.39. The van der Waals surface area contributed by atoms with E-state index in [-0.39, 0.29) is 0 Å². The summed E-state index contributed by atoms with van der Waals surface area (Å²) < 4.78 is 2.42. The van der Waals surface area contributed by atoms with Gasteiger partial charge in [0.1, 0.15) is 0 Å². The number of hydrogen-bond donors (Lipinski definition) is 0. The SMILES string of the molecule is C/C=C\C.C=C(C)/C=C\C.C=C/C=C(/c1ccc(-n2c3ccc4ccccc4c3c3c4ccccc4ccc32)cc1)c1sc(C=C)c(C)c1C.C=CC. The lowest BCUT2D eigenvalue weighted by Gasteiger charge is -2.12. The van der Waals surface area contributed by atoms with E-state index in [4.69, 9.17) is 0 Å². The molecule has 268 valence electrons. The number of nitrogens with zero attached hydrogens (tertiary/aromatic N) is 1. The van der Waals surface area contributed by atoms with Crippen molar-refractivity contribution in [2.45, 2.75) is 48.5 Å². The van der Waals surface area contributed by atoms with Crippen molar-refractivity contribution in [2.75, 3.05) is 0 Å². The summed E-state index contributed by atoms with van der Waals surface area (Å²) in [5, 5.41) is 7.71. The third kappa shape index (κ3) is 8.85. The van der Waals surface area contributed by atoms with Crippen LogP contribution in [0.15, 0.2) is 171 Å². The molecule has 7 rings (SSSR count). The minimum atomic E-state index is 1.11. The Hall–Kier alpha value is -5.70. The molecule has 0 aliphatic carbocycles. The standard InChI is InChI=1S/C38H29NS.C6H10.C4H8.C3H6/c1-5-11-32(38-25(4)24(3)35(6-2)40-38)28-16-20-29(21-17-28)39-33-22-18-26-12-7-9-14-30(26)36(33)37-31-15-10-8-13-27(31)19-23-34(37)39;1-4-5-6(2)3;1-3-4-2;1-3-2/h5-23H,1-2H2,3-4H3;4-5H,2H2,1,3H3;3-4H,1-2H3;3H,1H2,2H3/b32-11-;5-4-;4-3-;. The van der Waals surface area contributed by atoms with Crippen LogP contribution in [-0.2, 0) is 0 Å². The first-order chi connectivity index (χ1) is 25.7. The van der Waals surface area contributed by atoms with Crippen molar-refractivity contribution in [3.05, 3.63) is 198 Å². The highest BCUT2D eigenvalue weighted by Gasteiger charge is 2.18. The van der Waals surface area contributed by atoms with Crippen LogP contribution in [0.3, 0.4) is 0 Å². The average Bonchev–Trinajstić information content (AvgIpc) is 3.68. The van der Waals surface area contributed by atoms with E-state index in [2.05, 4.69) is 148 Å². The van der Waals surface area contributed by atoms with Gasteiger partial charge in [-0.1, -0.05) is 147 Å². The number of aromatic nitrogens is 1. The van der Waals surface area contributed by atoms with Gasteiger partial charge in [-0.05, 0) is 117 Å². The summed E-state index contributed by atoms with van der Waals surface area (Å²) in [6, 6.07) is 35.5. The lowest BCUT2D eigenvalue weighted by Crippen LogP contribution is -1.95. The van der Waals surface area contributed by atoms with Gasteiger partial charge in [0.15, 0.2) is 0 Å². The monoisotopic (exact) mass is 711 g/mol. The Bertz CT molecular complexity index is 2370. The zero-order valence-corrected chi connectivity index (χ0v) is 33.4. The molecule has 2 heteroatoms. The van der Waals surface area contributed by atoms with E-state index in [0.29, 0.717) is 0 Å². The van der Waals surface area contributed by atoms with Crippen LogP contribution in [0.5, 0.6) is 0 Å². The van der Waals surface area contributed by atoms with Crippen LogP contribution in [0.2, 0.25) is 0 Å². The Kier molecular flexibility index (Phi) is 14.5. The van der Waals surface area contributed by atoms with Gasteiger partial charge in [-0.15, -0.1) is 17.9 Å². The molecule has 0 aliphatic rings. The lowest BCUT2D eigenvalue weighted by atomic mass is 9.99. The molecule has 0 saturated carbocycles. The fraction of sp³-hybridized carbons (Fsp3) is 0.137. The minimum Gasteiger partial charge on any atom is -0.309 e. The van der Waals surface area contributed by atoms with Crippen LogP contribution in [0.25, 0.3) is 60.7 Å². The Labute approximate surface area is 321 Å². The van der Waals surface area contributed by atoms with Gasteiger partial charge in [0.25, 0.3) is 0 Å². The zero-order valence-electron chi connectivity index (χ0n) is 32.5. The maximum absolute atomic E-state index is 4.02. The summed E-state index contributed by atoms with van der Waals surface area (Å²) in [5.41, 5.74) is 9.68. The van der Waals surface area contributed by atoms with Crippen molar-refractivity contribution in [3.63, 3.8) is 0 Å². The van der Waals surface area contributed by atoms with Gasteiger partial charge < -0.3 is 4.57 Å². The van der Waals surface area contributed by atoms with E-state index in [1.165, 1.54) is 75.4 Å². The van der Waals surface area contributed by atoms with Crippen molar-refractivity contribution >= 4 is 66.3 Å². The molecule has 7 aromatic rings. The molecule has 0 radical (unpaired) electrons. The molecule has 0 bridgehead atoms. The summed E-state index contributed by atoms with van der Waals surface area (Å²) in [4.78, 5) is 2.50. The van der Waals surface area contributed by atoms with Crippen LogP contribution in [0, 0.1) is 13.8 Å². The van der Waals surface area contributed by atoms with Gasteiger partial charge in [0.05, 0.1) is 11.0 Å². The maximum Gasteiger partial charge on any atom is 0.0547 e. The molecule has 0 spiro atoms. The summed E-state index contributed by atoms with van der Waals surface area (Å²) in [7, 11) is 0. The van der Waals surface area contributed by atoms with Crippen LogP contribution in [-0.4, -0.2) is 4.57 Å². The first-order valence-electron chi connectivity index (χ1n) is 18.1. The smallest absolute Gasteiger partial charge is 0.0547 e. The zero-order chi connectivity index (χ0) is 38.5. The highest BCUT2D eigenvalue weighted by molar-refractivity contribution is 7.14. The van der Waals surface area contributed by atoms with Crippen LogP contribution in [0.4, 0.5) is 0 Å². The van der Waals surface area contributed by atoms with Crippen molar-refractivity contribution in [3.8, 4) is 5.69 Å². The molecule has 53 heavy (non-hydrogen) atoms. The summed E-state index contributed by atoms with van der Waals surface area (Å²) in [6.07, 6.45) is 15.7. The Morgan fingerprint density at radius 2 is 1.15 bits per heavy atom. The molecule has 0 unspecified atom stereocenters. The molecule has 0 atom stereocenters. The first kappa shape index (κ1) is 40.1. The summed E-state index contributed by atoms with van der Waals surface area (Å²) in [6.45, 7) is 29.3. The van der Waals surface area contributed by atoms with Gasteiger partial charge in [0, 0.05) is 26.2 Å². The van der Waals surface area contributed by atoms with E-state index >= 15 is 0 Å². The highest BCUT2D eigenvalue weighted by atomic mass is 32.1. The van der Waals surface area contributed by atoms with Crippen molar-refractivity contribution < 1.29 is 0 Å². The van der Waals surface area contributed by atoms with Crippen molar-refractivity contribution in [1.82, 2.24) is 4.57 Å². The summed E-state index contributed by atoms with van der Waals surface area (Å²) >= 11 is 1.80. The number of rotatable bonds is 6. The molecule has 0 aliphatic heterocycles. The number of thiophene rings is 1. The predicted octanol–water partition coefficient (Wildman–Crippen LogP) is 15.9. The molecule has 0 fully saturated rings. The second-order valence-electron chi connectivity index (χ2n) is 12.7. The predicted molar refractivity (Wildman–Crippen MR) is 243 cm³/mol. The van der Waals surface area contributed by atoms with E-state index in [9.17, 15) is 0 Å². The van der Waals surface area contributed by atoms with Gasteiger partial charge >= 0.3 is 0 Å². The Balaban J connectivity index is 0.000000420. The topological polar surface area (TPSA) is 4.93 Å². The van der Waals surface area contributed by atoms with Gasteiger partial charge in [-0.25, -0.2) is 0 Å². The molecule has 0 N–H and O–H groups in total. The Morgan fingerprint density at radius 3 is 1.55 bits per heavy atom. The minimum absolute atomic E-state index is 1.11. The second-order valence-corrected chi connectivity index (χ2v) is 13.8. The maximum atomic E-state index is 4.02. The normalized spacial score (nSPS) is 11.2. The van der Waals surface area contributed by atoms with Gasteiger partial charge in [-0.3, -0.25) is 0 Å². The largest absolute Gasteiger partial charge is 0.309 e. The first-order valence-corrected chi connectivity index (χ1v) is 18.9. The third-order valence-corrected chi connectivity index (χ3v) is 10.4. The summed E-state index contributed by atoms with van der Waals surface area (Å²) in [5.74, 6) is 0. The van der Waals surface area contributed by atoms with Gasteiger partial charge in [-0.2, -0.15) is 0 Å². The quantitative estimate of drug-likeness (QED) is 0.120. The molecule has 0 amide bonds. The molecule has 5 aromatic carbocycles. The van der Waals surface area contributed by atoms with Crippen LogP contribution >= 0.6 is 11.3 Å². The highest BCUT2D eigenvalue weighted by Crippen LogP contribution is 2.41. The fourth-order valence-corrected chi connectivity index (χ4v) is 7.60. The molecular formula is C51H53NS. The molecular weight excluding hydrogens is 659 g/mol. The number of benzene rings is 5. The number of fused-ring (bicyclic) bond motifs is 7. The lowest BCUT2D eigenvalue weighted by molar-refractivity contribution is 1.18. The molecule has 2 heterocycles. The molecule has 2 aromatic heterocycles. The van der Waals surface area contributed by atoms with E-state index < -0.39 is 0 Å². The third-order valence-electron chi connectivity index (χ3n) is 8.97. The number of hydrogen-bond acceptors (Lipinski definition) is 1. The second kappa shape index (κ2) is 19.2. The van der Waals surface area contributed by atoms with Crippen LogP contribution in [0.1, 0.15) is 61.1 Å². The van der Waals surface area contributed by atoms with E-state index in [0.717, 1.165) is 11.3 Å². The van der Waals surface area contributed by atoms with E-state index in [1.807, 2.05) is 71.1 Å². The van der Waals surface area contributed by atoms with Crippen LogP contribution < -0.4 is 0 Å².